The van der Waals surface area contributed by atoms with Crippen LogP contribution in [0.2, 0.25) is 0 Å². The molecule has 0 aliphatic carbocycles. The molecule has 1 aromatic heterocycles. The Morgan fingerprint density at radius 3 is 2.42 bits per heavy atom. The number of rotatable bonds is 6. The molecule has 7 nitrogen and oxygen atoms in total. The fourth-order valence-electron chi connectivity index (χ4n) is 2.19. The van der Waals surface area contributed by atoms with Crippen molar-refractivity contribution in [1.29, 1.82) is 0 Å². The van der Waals surface area contributed by atoms with Crippen LogP contribution >= 0.6 is 0 Å². The van der Waals surface area contributed by atoms with E-state index in [0.717, 1.165) is 0 Å². The molecule has 1 N–H and O–H groups in total. The number of para-hydroxylation sites is 1. The number of methoxy groups -OCH3 is 1. The van der Waals surface area contributed by atoms with Gasteiger partial charge < -0.3 is 15.0 Å². The number of carbonyl (C=O) groups is 2. The highest BCUT2D eigenvalue weighted by atomic mass is 16.5. The summed E-state index contributed by atoms with van der Waals surface area (Å²) in [6.07, 6.45) is 2.88. The lowest BCUT2D eigenvalue weighted by atomic mass is 10.2. The van der Waals surface area contributed by atoms with E-state index >= 15 is 0 Å². The summed E-state index contributed by atoms with van der Waals surface area (Å²) in [5, 5.41) is 3.01. The normalized spacial score (nSPS) is 10.1. The number of benzene rings is 1. The molecule has 2 aromatic rings. The summed E-state index contributed by atoms with van der Waals surface area (Å²) in [7, 11) is 1.33. The van der Waals surface area contributed by atoms with E-state index in [4.69, 9.17) is 4.74 Å². The van der Waals surface area contributed by atoms with Crippen LogP contribution in [-0.4, -0.2) is 46.9 Å². The van der Waals surface area contributed by atoms with Crippen molar-refractivity contribution < 1.29 is 14.3 Å². The van der Waals surface area contributed by atoms with E-state index < -0.39 is 5.97 Å². The zero-order valence-corrected chi connectivity index (χ0v) is 13.9. The zero-order valence-electron chi connectivity index (χ0n) is 13.9. The van der Waals surface area contributed by atoms with Crippen LogP contribution in [0.1, 0.15) is 34.7 Å². The number of esters is 1. The van der Waals surface area contributed by atoms with Crippen molar-refractivity contribution in [3.05, 3.63) is 47.9 Å². The van der Waals surface area contributed by atoms with Gasteiger partial charge in [-0.05, 0) is 26.0 Å². The van der Waals surface area contributed by atoms with E-state index in [2.05, 4.69) is 15.3 Å². The lowest BCUT2D eigenvalue weighted by Gasteiger charge is -2.17. The first kappa shape index (κ1) is 17.4. The van der Waals surface area contributed by atoms with Crippen LogP contribution in [0.15, 0.2) is 36.7 Å². The van der Waals surface area contributed by atoms with Gasteiger partial charge in [-0.3, -0.25) is 4.79 Å². The van der Waals surface area contributed by atoms with Gasteiger partial charge in [0, 0.05) is 13.1 Å². The molecule has 0 spiro atoms. The molecular weight excluding hydrogens is 308 g/mol. The van der Waals surface area contributed by atoms with Crippen LogP contribution in [-0.2, 0) is 4.74 Å². The quantitative estimate of drug-likeness (QED) is 0.820. The third-order valence-electron chi connectivity index (χ3n) is 3.52. The molecular formula is C17H20N4O3. The van der Waals surface area contributed by atoms with Crippen LogP contribution < -0.4 is 5.32 Å². The molecule has 126 valence electrons. The molecule has 0 fully saturated rings. The fraction of sp³-hybridized carbons (Fsp3) is 0.294. The second kappa shape index (κ2) is 8.05. The summed E-state index contributed by atoms with van der Waals surface area (Å²) in [4.78, 5) is 34.0. The van der Waals surface area contributed by atoms with Gasteiger partial charge in [0.2, 0.25) is 0 Å². The summed E-state index contributed by atoms with van der Waals surface area (Å²) in [5.74, 6) is -0.171. The Morgan fingerprint density at radius 2 is 1.83 bits per heavy atom. The summed E-state index contributed by atoms with van der Waals surface area (Å²) in [5.41, 5.74) is 1.23. The number of carbonyl (C=O) groups excluding carboxylic acids is 2. The van der Waals surface area contributed by atoms with E-state index in [0.29, 0.717) is 30.2 Å². The number of ether oxygens (including phenoxy) is 1. The van der Waals surface area contributed by atoms with E-state index in [1.807, 2.05) is 13.8 Å². The highest BCUT2D eigenvalue weighted by molar-refractivity contribution is 5.96. The number of nitrogens with one attached hydrogen (secondary N) is 1. The maximum atomic E-state index is 12.2. The number of aromatic nitrogens is 2. The van der Waals surface area contributed by atoms with Crippen LogP contribution in [0.3, 0.4) is 0 Å². The molecule has 0 saturated carbocycles. The van der Waals surface area contributed by atoms with Gasteiger partial charge in [-0.15, -0.1) is 0 Å². The molecule has 24 heavy (non-hydrogen) atoms. The molecule has 0 bridgehead atoms. The van der Waals surface area contributed by atoms with Crippen LogP contribution in [0, 0.1) is 0 Å². The van der Waals surface area contributed by atoms with Gasteiger partial charge in [-0.1, -0.05) is 12.1 Å². The molecule has 0 unspecified atom stereocenters. The van der Waals surface area contributed by atoms with E-state index in [9.17, 15) is 9.59 Å². The van der Waals surface area contributed by atoms with E-state index in [-0.39, 0.29) is 11.6 Å². The Labute approximate surface area is 140 Å². The summed E-state index contributed by atoms with van der Waals surface area (Å²) >= 11 is 0. The third kappa shape index (κ3) is 3.87. The minimum atomic E-state index is -0.445. The predicted molar refractivity (Wildman–Crippen MR) is 90.3 cm³/mol. The van der Waals surface area contributed by atoms with Crippen LogP contribution in [0.25, 0.3) is 0 Å². The topological polar surface area (TPSA) is 84.4 Å². The Balaban J connectivity index is 2.18. The molecule has 0 saturated heterocycles. The zero-order chi connectivity index (χ0) is 17.5. The summed E-state index contributed by atoms with van der Waals surface area (Å²) in [6.45, 7) is 5.05. The Kier molecular flexibility index (Phi) is 5.83. The molecule has 1 heterocycles. The molecule has 2 rings (SSSR count). The lowest BCUT2D eigenvalue weighted by Crippen LogP contribution is -2.31. The highest BCUT2D eigenvalue weighted by Crippen LogP contribution is 2.20. The minimum absolute atomic E-state index is 0.158. The Hall–Kier alpha value is -2.96. The second-order valence-corrected chi connectivity index (χ2v) is 4.93. The first-order valence-corrected chi connectivity index (χ1v) is 7.66. The molecule has 0 aliphatic rings. The Morgan fingerprint density at radius 1 is 1.12 bits per heavy atom. The molecule has 7 heteroatoms. The lowest BCUT2D eigenvalue weighted by molar-refractivity contribution is 0.0601. The van der Waals surface area contributed by atoms with Gasteiger partial charge in [0.25, 0.3) is 5.91 Å². The van der Waals surface area contributed by atoms with E-state index in [1.165, 1.54) is 19.5 Å². The van der Waals surface area contributed by atoms with Crippen molar-refractivity contribution in [1.82, 2.24) is 14.9 Å². The van der Waals surface area contributed by atoms with Gasteiger partial charge in [0.05, 0.1) is 30.8 Å². The highest BCUT2D eigenvalue weighted by Gasteiger charge is 2.15. The molecule has 1 amide bonds. The molecule has 0 aliphatic heterocycles. The van der Waals surface area contributed by atoms with Crippen LogP contribution in [0.5, 0.6) is 0 Å². The number of anilines is 2. The van der Waals surface area contributed by atoms with Gasteiger partial charge in [0.1, 0.15) is 11.5 Å². The van der Waals surface area contributed by atoms with Crippen molar-refractivity contribution in [3.8, 4) is 0 Å². The molecule has 0 atom stereocenters. The third-order valence-corrected chi connectivity index (χ3v) is 3.52. The number of hydrogen-bond acceptors (Lipinski definition) is 6. The van der Waals surface area contributed by atoms with Gasteiger partial charge >= 0.3 is 5.97 Å². The maximum Gasteiger partial charge on any atom is 0.339 e. The monoisotopic (exact) mass is 328 g/mol. The van der Waals surface area contributed by atoms with Crippen molar-refractivity contribution in [2.45, 2.75) is 13.8 Å². The number of nitrogens with zero attached hydrogens (tertiary/aromatic N) is 3. The van der Waals surface area contributed by atoms with Crippen molar-refractivity contribution in [2.24, 2.45) is 0 Å². The summed E-state index contributed by atoms with van der Waals surface area (Å²) in [6, 6.07) is 6.93. The van der Waals surface area contributed by atoms with Gasteiger partial charge in [0.15, 0.2) is 0 Å². The number of amides is 1. The molecule has 0 radical (unpaired) electrons. The number of hydrogen-bond donors (Lipinski definition) is 1. The Bertz CT molecular complexity index is 712. The standard InChI is InChI=1S/C17H20N4O3/c1-4-21(5-2)16(22)14-10-19-15(11-18-14)20-13-9-7-6-8-12(13)17(23)24-3/h6-11H,4-5H2,1-3H3,(H,19,20). The molecule has 1 aromatic carbocycles. The second-order valence-electron chi connectivity index (χ2n) is 4.93. The smallest absolute Gasteiger partial charge is 0.339 e. The SMILES string of the molecule is CCN(CC)C(=O)c1cnc(Nc2ccccc2C(=O)OC)cn1. The first-order valence-electron chi connectivity index (χ1n) is 7.66. The van der Waals surface area contributed by atoms with E-state index in [1.54, 1.807) is 29.2 Å². The average molecular weight is 328 g/mol. The van der Waals surface area contributed by atoms with Crippen molar-refractivity contribution >= 4 is 23.4 Å². The van der Waals surface area contributed by atoms with Crippen molar-refractivity contribution in [3.63, 3.8) is 0 Å². The van der Waals surface area contributed by atoms with Gasteiger partial charge in [-0.25, -0.2) is 14.8 Å². The summed E-state index contributed by atoms with van der Waals surface area (Å²) < 4.78 is 4.75. The van der Waals surface area contributed by atoms with Crippen LogP contribution in [0.4, 0.5) is 11.5 Å². The minimum Gasteiger partial charge on any atom is -0.465 e. The largest absolute Gasteiger partial charge is 0.465 e. The van der Waals surface area contributed by atoms with Crippen molar-refractivity contribution in [2.75, 3.05) is 25.5 Å². The average Bonchev–Trinajstić information content (AvgIpc) is 2.63. The van der Waals surface area contributed by atoms with Gasteiger partial charge in [-0.2, -0.15) is 0 Å². The first-order chi connectivity index (χ1) is 11.6. The predicted octanol–water partition coefficient (Wildman–Crippen LogP) is 2.49. The maximum absolute atomic E-state index is 12.2. The fourth-order valence-corrected chi connectivity index (χ4v) is 2.19.